The quantitative estimate of drug-likeness (QED) is 0.479. The van der Waals surface area contributed by atoms with Gasteiger partial charge < -0.3 is 14.8 Å². The predicted octanol–water partition coefficient (Wildman–Crippen LogP) is 2.96. The fourth-order valence-corrected chi connectivity index (χ4v) is 3.10. The zero-order valence-electron chi connectivity index (χ0n) is 14.5. The molecule has 1 heterocycles. The number of ether oxygens (including phenoxy) is 2. The first-order chi connectivity index (χ1) is 11.7. The molecule has 0 fully saturated rings. The van der Waals surface area contributed by atoms with Crippen molar-refractivity contribution in [2.45, 2.75) is 25.5 Å². The SMILES string of the molecule is CCOc1cc(CNCCSc2nnnn2C)cc(Cl)c1OCC.Cl. The van der Waals surface area contributed by atoms with Crippen LogP contribution in [0.5, 0.6) is 11.5 Å². The van der Waals surface area contributed by atoms with E-state index in [1.165, 1.54) is 0 Å². The second-order valence-corrected chi connectivity index (χ2v) is 6.35. The number of nitrogens with zero attached hydrogens (tertiary/aromatic N) is 4. The number of halogens is 2. The third-order valence-electron chi connectivity index (χ3n) is 3.08. The van der Waals surface area contributed by atoms with E-state index in [-0.39, 0.29) is 12.4 Å². The minimum absolute atomic E-state index is 0. The van der Waals surface area contributed by atoms with Crippen molar-refractivity contribution in [1.82, 2.24) is 25.5 Å². The summed E-state index contributed by atoms with van der Waals surface area (Å²) >= 11 is 7.92. The Balaban J connectivity index is 0.00000312. The van der Waals surface area contributed by atoms with Crippen LogP contribution in [0.1, 0.15) is 19.4 Å². The van der Waals surface area contributed by atoms with E-state index in [9.17, 15) is 0 Å². The zero-order chi connectivity index (χ0) is 17.4. The Morgan fingerprint density at radius 2 is 2.00 bits per heavy atom. The highest BCUT2D eigenvalue weighted by Crippen LogP contribution is 2.36. The van der Waals surface area contributed by atoms with Gasteiger partial charge in [0, 0.05) is 25.9 Å². The molecule has 1 aromatic heterocycles. The highest BCUT2D eigenvalue weighted by molar-refractivity contribution is 7.99. The molecule has 0 saturated carbocycles. The Morgan fingerprint density at radius 1 is 1.24 bits per heavy atom. The highest BCUT2D eigenvalue weighted by Gasteiger charge is 2.12. The van der Waals surface area contributed by atoms with E-state index < -0.39 is 0 Å². The molecule has 10 heteroatoms. The summed E-state index contributed by atoms with van der Waals surface area (Å²) in [5.41, 5.74) is 1.05. The standard InChI is InChI=1S/C15H22ClN5O2S.ClH/c1-4-22-13-9-11(8-12(16)14(13)23-5-2)10-17-6-7-24-15-18-19-20-21(15)3;/h8-9,17H,4-7,10H2,1-3H3;1H. The molecule has 140 valence electrons. The molecule has 2 aromatic rings. The van der Waals surface area contributed by atoms with Crippen molar-refractivity contribution in [2.75, 3.05) is 25.5 Å². The molecule has 0 unspecified atom stereocenters. The molecule has 2 rings (SSSR count). The summed E-state index contributed by atoms with van der Waals surface area (Å²) < 4.78 is 12.9. The van der Waals surface area contributed by atoms with Crippen LogP contribution in [0.15, 0.2) is 17.3 Å². The third kappa shape index (κ3) is 6.54. The van der Waals surface area contributed by atoms with Crippen molar-refractivity contribution in [2.24, 2.45) is 7.05 Å². The number of hydrogen-bond donors (Lipinski definition) is 1. The maximum absolute atomic E-state index is 6.31. The van der Waals surface area contributed by atoms with Crippen molar-refractivity contribution in [3.63, 3.8) is 0 Å². The van der Waals surface area contributed by atoms with Crippen molar-refractivity contribution < 1.29 is 9.47 Å². The van der Waals surface area contributed by atoms with Gasteiger partial charge in [-0.3, -0.25) is 0 Å². The maximum atomic E-state index is 6.31. The summed E-state index contributed by atoms with van der Waals surface area (Å²) in [6.07, 6.45) is 0. The first-order valence-corrected chi connectivity index (χ1v) is 9.15. The first kappa shape index (κ1) is 21.8. The first-order valence-electron chi connectivity index (χ1n) is 7.79. The topological polar surface area (TPSA) is 74.1 Å². The third-order valence-corrected chi connectivity index (χ3v) is 4.37. The molecule has 0 aliphatic heterocycles. The lowest BCUT2D eigenvalue weighted by molar-refractivity contribution is 0.287. The smallest absolute Gasteiger partial charge is 0.209 e. The van der Waals surface area contributed by atoms with Gasteiger partial charge in [0.25, 0.3) is 0 Å². The Kier molecular flexibility index (Phi) is 9.96. The molecule has 0 atom stereocenters. The second kappa shape index (κ2) is 11.4. The van der Waals surface area contributed by atoms with Gasteiger partial charge in [0.2, 0.25) is 5.16 Å². The van der Waals surface area contributed by atoms with Crippen LogP contribution in [0.3, 0.4) is 0 Å². The van der Waals surface area contributed by atoms with E-state index in [2.05, 4.69) is 20.8 Å². The van der Waals surface area contributed by atoms with Crippen LogP contribution in [-0.2, 0) is 13.6 Å². The Labute approximate surface area is 163 Å². The van der Waals surface area contributed by atoms with E-state index in [0.29, 0.717) is 36.3 Å². The van der Waals surface area contributed by atoms with Gasteiger partial charge in [-0.05, 0) is 42.0 Å². The van der Waals surface area contributed by atoms with Crippen LogP contribution in [0.2, 0.25) is 5.02 Å². The molecule has 0 radical (unpaired) electrons. The molecule has 0 amide bonds. The molecular formula is C15H23Cl2N5O2S. The number of hydrogen-bond acceptors (Lipinski definition) is 7. The Morgan fingerprint density at radius 3 is 2.64 bits per heavy atom. The van der Waals surface area contributed by atoms with E-state index in [0.717, 1.165) is 23.0 Å². The summed E-state index contributed by atoms with van der Waals surface area (Å²) in [6, 6.07) is 3.87. The minimum atomic E-state index is 0. The van der Waals surface area contributed by atoms with Crippen molar-refractivity contribution in [1.29, 1.82) is 0 Å². The lowest BCUT2D eigenvalue weighted by Gasteiger charge is -2.14. The maximum Gasteiger partial charge on any atom is 0.209 e. The van der Waals surface area contributed by atoms with Gasteiger partial charge in [-0.2, -0.15) is 0 Å². The molecule has 1 N–H and O–H groups in total. The van der Waals surface area contributed by atoms with E-state index in [4.69, 9.17) is 21.1 Å². The fraction of sp³-hybridized carbons (Fsp3) is 0.533. The molecular weight excluding hydrogens is 385 g/mol. The van der Waals surface area contributed by atoms with Crippen LogP contribution < -0.4 is 14.8 Å². The number of tetrazole rings is 1. The lowest BCUT2D eigenvalue weighted by atomic mass is 10.2. The summed E-state index contributed by atoms with van der Waals surface area (Å²) in [5.74, 6) is 2.16. The van der Waals surface area contributed by atoms with Crippen molar-refractivity contribution >= 4 is 35.8 Å². The molecule has 0 bridgehead atoms. The number of aryl methyl sites for hydroxylation is 1. The van der Waals surface area contributed by atoms with Crippen LogP contribution >= 0.6 is 35.8 Å². The van der Waals surface area contributed by atoms with Gasteiger partial charge in [-0.1, -0.05) is 23.4 Å². The summed E-state index contributed by atoms with van der Waals surface area (Å²) in [4.78, 5) is 0. The van der Waals surface area contributed by atoms with E-state index in [1.54, 1.807) is 16.4 Å². The van der Waals surface area contributed by atoms with Gasteiger partial charge in [-0.25, -0.2) is 4.68 Å². The zero-order valence-corrected chi connectivity index (χ0v) is 16.9. The molecule has 7 nitrogen and oxygen atoms in total. The summed E-state index contributed by atoms with van der Waals surface area (Å²) in [6.45, 7) is 6.50. The molecule has 0 aliphatic carbocycles. The van der Waals surface area contributed by atoms with Gasteiger partial charge in [0.1, 0.15) is 0 Å². The molecule has 1 aromatic carbocycles. The lowest BCUT2D eigenvalue weighted by Crippen LogP contribution is -2.17. The van der Waals surface area contributed by atoms with Crippen LogP contribution in [0.25, 0.3) is 0 Å². The Bertz CT molecular complexity index is 657. The fourth-order valence-electron chi connectivity index (χ4n) is 2.06. The molecule has 0 aliphatic rings. The van der Waals surface area contributed by atoms with Gasteiger partial charge in [0.15, 0.2) is 11.5 Å². The average Bonchev–Trinajstić information content (AvgIpc) is 2.96. The summed E-state index contributed by atoms with van der Waals surface area (Å²) in [7, 11) is 1.83. The minimum Gasteiger partial charge on any atom is -0.490 e. The van der Waals surface area contributed by atoms with Gasteiger partial charge >= 0.3 is 0 Å². The normalized spacial score (nSPS) is 10.4. The van der Waals surface area contributed by atoms with E-state index in [1.807, 2.05) is 33.0 Å². The number of thioether (sulfide) groups is 1. The van der Waals surface area contributed by atoms with Crippen LogP contribution in [-0.4, -0.2) is 45.7 Å². The largest absolute Gasteiger partial charge is 0.490 e. The monoisotopic (exact) mass is 407 g/mol. The van der Waals surface area contributed by atoms with Crippen molar-refractivity contribution in [3.8, 4) is 11.5 Å². The molecule has 25 heavy (non-hydrogen) atoms. The van der Waals surface area contributed by atoms with Crippen LogP contribution in [0, 0.1) is 0 Å². The number of benzene rings is 1. The Hall–Kier alpha value is -1.22. The van der Waals surface area contributed by atoms with Gasteiger partial charge in [0.05, 0.1) is 18.2 Å². The molecule has 0 saturated heterocycles. The molecule has 0 spiro atoms. The number of aromatic nitrogens is 4. The average molecular weight is 408 g/mol. The summed E-state index contributed by atoms with van der Waals surface area (Å²) in [5, 5.41) is 16.1. The van der Waals surface area contributed by atoms with Gasteiger partial charge in [-0.15, -0.1) is 17.5 Å². The second-order valence-electron chi connectivity index (χ2n) is 4.88. The van der Waals surface area contributed by atoms with Crippen LogP contribution in [0.4, 0.5) is 0 Å². The van der Waals surface area contributed by atoms with E-state index >= 15 is 0 Å². The number of nitrogens with one attached hydrogen (secondary N) is 1. The van der Waals surface area contributed by atoms with Crippen molar-refractivity contribution in [3.05, 3.63) is 22.7 Å². The highest BCUT2D eigenvalue weighted by atomic mass is 35.5. The number of rotatable bonds is 10. The predicted molar refractivity (Wildman–Crippen MR) is 102 cm³/mol.